The molecule has 0 saturated carbocycles. The largest absolute Gasteiger partial charge is 0.324 e. The molecule has 0 aliphatic carbocycles. The van der Waals surface area contributed by atoms with Crippen molar-refractivity contribution >= 4 is 44.2 Å². The summed E-state index contributed by atoms with van der Waals surface area (Å²) >= 11 is 5.22. The second-order valence-corrected chi connectivity index (χ2v) is 7.40. The minimum Gasteiger partial charge on any atom is -0.324 e. The van der Waals surface area contributed by atoms with Crippen LogP contribution in [0.4, 0.5) is 11.4 Å². The molecule has 0 N–H and O–H groups in total. The second kappa shape index (κ2) is 8.88. The van der Waals surface area contributed by atoms with E-state index in [1.165, 1.54) is 5.56 Å². The number of para-hydroxylation sites is 1. The molecule has 0 aromatic heterocycles. The van der Waals surface area contributed by atoms with Gasteiger partial charge in [-0.05, 0) is 42.0 Å². The van der Waals surface area contributed by atoms with Crippen LogP contribution in [0.1, 0.15) is 5.56 Å². The molecule has 0 fully saturated rings. The quantitative estimate of drug-likeness (QED) is 0.359. The van der Waals surface area contributed by atoms with E-state index >= 15 is 0 Å². The Bertz CT molecular complexity index is 818. The number of anilines is 1. The Labute approximate surface area is 161 Å². The van der Waals surface area contributed by atoms with Crippen LogP contribution in [0.5, 0.6) is 0 Å². The number of hydrogen-bond donors (Lipinski definition) is 0. The first-order valence-electron chi connectivity index (χ1n) is 8.02. The lowest BCUT2D eigenvalue weighted by Crippen LogP contribution is -2.23. The summed E-state index contributed by atoms with van der Waals surface area (Å²) in [6, 6.07) is 28.9. The second-order valence-electron chi connectivity index (χ2n) is 5.54. The van der Waals surface area contributed by atoms with Crippen LogP contribution < -0.4 is 4.90 Å². The predicted molar refractivity (Wildman–Crippen MR) is 114 cm³/mol. The standard InChI is InChI=1S/C21H19BrN2S/c1-24(20-10-6-3-7-11-20)21(23-19-14-12-18(22)13-15-19)25-16-17-8-4-2-5-9-17/h2-15H,16H2,1H3. The number of amidine groups is 1. The fourth-order valence-electron chi connectivity index (χ4n) is 2.31. The number of hydrogen-bond acceptors (Lipinski definition) is 2. The fraction of sp³-hybridized carbons (Fsp3) is 0.0952. The Morgan fingerprint density at radius 1 is 0.880 bits per heavy atom. The van der Waals surface area contributed by atoms with E-state index in [2.05, 4.69) is 64.3 Å². The SMILES string of the molecule is CN(C(=Nc1ccc(Br)cc1)SCc1ccccc1)c1ccccc1. The van der Waals surface area contributed by atoms with Crippen LogP contribution in [-0.4, -0.2) is 12.2 Å². The van der Waals surface area contributed by atoms with Gasteiger partial charge in [0.25, 0.3) is 0 Å². The summed E-state index contributed by atoms with van der Waals surface area (Å²) in [7, 11) is 2.06. The first-order chi connectivity index (χ1) is 12.2. The highest BCUT2D eigenvalue weighted by Crippen LogP contribution is 2.25. The molecule has 3 aromatic carbocycles. The number of benzene rings is 3. The van der Waals surface area contributed by atoms with Gasteiger partial charge in [-0.2, -0.15) is 0 Å². The highest BCUT2D eigenvalue weighted by atomic mass is 79.9. The molecule has 126 valence electrons. The average molecular weight is 411 g/mol. The van der Waals surface area contributed by atoms with Gasteiger partial charge < -0.3 is 4.90 Å². The maximum atomic E-state index is 4.88. The third-order valence-electron chi connectivity index (χ3n) is 3.69. The van der Waals surface area contributed by atoms with Gasteiger partial charge in [-0.1, -0.05) is 76.2 Å². The summed E-state index contributed by atoms with van der Waals surface area (Å²) in [6.07, 6.45) is 0. The molecule has 4 heteroatoms. The number of rotatable bonds is 4. The van der Waals surface area contributed by atoms with Crippen molar-refractivity contribution in [3.63, 3.8) is 0 Å². The van der Waals surface area contributed by atoms with E-state index in [1.807, 2.05) is 48.5 Å². The lowest BCUT2D eigenvalue weighted by molar-refractivity contribution is 1.27. The molecule has 25 heavy (non-hydrogen) atoms. The molecule has 0 atom stereocenters. The van der Waals surface area contributed by atoms with Crippen LogP contribution in [0.25, 0.3) is 0 Å². The van der Waals surface area contributed by atoms with Crippen molar-refractivity contribution in [2.24, 2.45) is 4.99 Å². The van der Waals surface area contributed by atoms with Gasteiger partial charge >= 0.3 is 0 Å². The van der Waals surface area contributed by atoms with Gasteiger partial charge in [0.2, 0.25) is 0 Å². The molecule has 0 aliphatic heterocycles. The van der Waals surface area contributed by atoms with E-state index in [1.54, 1.807) is 11.8 Å². The average Bonchev–Trinajstić information content (AvgIpc) is 2.67. The van der Waals surface area contributed by atoms with Crippen molar-refractivity contribution in [1.29, 1.82) is 0 Å². The van der Waals surface area contributed by atoms with Crippen molar-refractivity contribution in [2.45, 2.75) is 5.75 Å². The summed E-state index contributed by atoms with van der Waals surface area (Å²) < 4.78 is 1.06. The third-order valence-corrected chi connectivity index (χ3v) is 5.32. The Hall–Kier alpha value is -2.04. The van der Waals surface area contributed by atoms with E-state index in [-0.39, 0.29) is 0 Å². The molecule has 2 nitrogen and oxygen atoms in total. The monoisotopic (exact) mass is 410 g/mol. The van der Waals surface area contributed by atoms with E-state index in [0.29, 0.717) is 0 Å². The van der Waals surface area contributed by atoms with Gasteiger partial charge in [0, 0.05) is 23.0 Å². The van der Waals surface area contributed by atoms with Crippen LogP contribution in [0, 0.1) is 0 Å². The first kappa shape index (κ1) is 17.8. The number of aliphatic imine (C=N–C) groups is 1. The highest BCUT2D eigenvalue weighted by Gasteiger charge is 2.10. The normalized spacial score (nSPS) is 11.4. The van der Waals surface area contributed by atoms with Crippen molar-refractivity contribution in [1.82, 2.24) is 0 Å². The number of nitrogens with zero attached hydrogens (tertiary/aromatic N) is 2. The molecule has 0 saturated heterocycles. The predicted octanol–water partition coefficient (Wildman–Crippen LogP) is 6.51. The molecule has 0 amide bonds. The van der Waals surface area contributed by atoms with Crippen LogP contribution in [0.15, 0.2) is 94.4 Å². The highest BCUT2D eigenvalue weighted by molar-refractivity contribution is 9.10. The fourth-order valence-corrected chi connectivity index (χ4v) is 3.54. The maximum absolute atomic E-state index is 4.88. The van der Waals surface area contributed by atoms with Gasteiger partial charge in [0.05, 0.1) is 5.69 Å². The van der Waals surface area contributed by atoms with E-state index in [0.717, 1.165) is 26.8 Å². The first-order valence-corrected chi connectivity index (χ1v) is 9.80. The van der Waals surface area contributed by atoms with Gasteiger partial charge in [0.15, 0.2) is 5.17 Å². The van der Waals surface area contributed by atoms with Gasteiger partial charge in [-0.25, -0.2) is 4.99 Å². The summed E-state index contributed by atoms with van der Waals surface area (Å²) in [5.74, 6) is 0.882. The lowest BCUT2D eigenvalue weighted by atomic mass is 10.2. The summed E-state index contributed by atoms with van der Waals surface area (Å²) in [6.45, 7) is 0. The molecular weight excluding hydrogens is 392 g/mol. The molecule has 0 aliphatic rings. The lowest BCUT2D eigenvalue weighted by Gasteiger charge is -2.21. The van der Waals surface area contributed by atoms with Crippen LogP contribution in [-0.2, 0) is 5.75 Å². The van der Waals surface area contributed by atoms with Gasteiger partial charge in [0.1, 0.15) is 0 Å². The molecule has 0 radical (unpaired) electrons. The molecule has 0 bridgehead atoms. The molecule has 0 heterocycles. The smallest absolute Gasteiger partial charge is 0.168 e. The Morgan fingerprint density at radius 3 is 2.12 bits per heavy atom. The Kier molecular flexibility index (Phi) is 6.31. The summed E-state index contributed by atoms with van der Waals surface area (Å²) in [5.41, 5.74) is 3.36. The van der Waals surface area contributed by atoms with Crippen molar-refractivity contribution in [3.05, 3.63) is 95.0 Å². The molecule has 3 rings (SSSR count). The Morgan fingerprint density at radius 2 is 1.48 bits per heavy atom. The van der Waals surface area contributed by atoms with Crippen molar-refractivity contribution in [3.8, 4) is 0 Å². The number of halogens is 1. The molecule has 0 unspecified atom stereocenters. The van der Waals surface area contributed by atoms with Gasteiger partial charge in [-0.3, -0.25) is 0 Å². The van der Waals surface area contributed by atoms with Crippen LogP contribution >= 0.6 is 27.7 Å². The molecule has 0 spiro atoms. The van der Waals surface area contributed by atoms with E-state index in [9.17, 15) is 0 Å². The minimum absolute atomic E-state index is 0.882. The Balaban J connectivity index is 1.86. The zero-order chi connectivity index (χ0) is 17.5. The van der Waals surface area contributed by atoms with Gasteiger partial charge in [-0.15, -0.1) is 0 Å². The number of thioether (sulfide) groups is 1. The zero-order valence-electron chi connectivity index (χ0n) is 14.0. The summed E-state index contributed by atoms with van der Waals surface area (Å²) in [4.78, 5) is 7.01. The minimum atomic E-state index is 0.882. The van der Waals surface area contributed by atoms with E-state index in [4.69, 9.17) is 4.99 Å². The molecule has 3 aromatic rings. The third kappa shape index (κ3) is 5.21. The topological polar surface area (TPSA) is 15.6 Å². The molecular formula is C21H19BrN2S. The van der Waals surface area contributed by atoms with Crippen molar-refractivity contribution in [2.75, 3.05) is 11.9 Å². The van der Waals surface area contributed by atoms with Crippen molar-refractivity contribution < 1.29 is 0 Å². The summed E-state index contributed by atoms with van der Waals surface area (Å²) in [5, 5.41) is 0.970. The maximum Gasteiger partial charge on any atom is 0.168 e. The van der Waals surface area contributed by atoms with Crippen LogP contribution in [0.3, 0.4) is 0 Å². The zero-order valence-corrected chi connectivity index (χ0v) is 16.4. The van der Waals surface area contributed by atoms with Crippen LogP contribution in [0.2, 0.25) is 0 Å². The van der Waals surface area contributed by atoms with E-state index < -0.39 is 0 Å².